The molecule has 0 aliphatic carbocycles. The highest BCUT2D eigenvalue weighted by Crippen LogP contribution is 2.26. The Morgan fingerprint density at radius 3 is 2.67 bits per heavy atom. The molecule has 1 aromatic carbocycles. The highest BCUT2D eigenvalue weighted by molar-refractivity contribution is 7.13. The molecule has 21 heavy (non-hydrogen) atoms. The van der Waals surface area contributed by atoms with Gasteiger partial charge in [-0.3, -0.25) is 4.79 Å². The number of hydrogen-bond acceptors (Lipinski definition) is 3. The van der Waals surface area contributed by atoms with Crippen molar-refractivity contribution in [1.82, 2.24) is 5.32 Å². The van der Waals surface area contributed by atoms with Crippen LogP contribution in [0.5, 0.6) is 0 Å². The zero-order valence-electron chi connectivity index (χ0n) is 11.6. The number of rotatable bonds is 3. The van der Waals surface area contributed by atoms with E-state index in [0.717, 1.165) is 16.7 Å². The van der Waals surface area contributed by atoms with Gasteiger partial charge >= 0.3 is 0 Å². The minimum Gasteiger partial charge on any atom is -0.347 e. The summed E-state index contributed by atoms with van der Waals surface area (Å²) in [6.45, 7) is 2.69. The van der Waals surface area contributed by atoms with Crippen molar-refractivity contribution < 1.29 is 4.79 Å². The number of nitrogens with two attached hydrogens (primary N) is 1. The molecule has 0 atom stereocenters. The van der Waals surface area contributed by atoms with Crippen LogP contribution >= 0.6 is 22.9 Å². The number of carbonyl (C=O) groups excluding carboxylic acids is 1. The summed E-state index contributed by atoms with van der Waals surface area (Å²) in [6, 6.07) is 7.68. The normalized spacial score (nSPS) is 9.86. The molecule has 3 nitrogen and oxygen atoms in total. The maximum absolute atomic E-state index is 12.0. The molecule has 0 aliphatic rings. The van der Waals surface area contributed by atoms with Crippen LogP contribution < -0.4 is 11.1 Å². The van der Waals surface area contributed by atoms with Crippen molar-refractivity contribution >= 4 is 28.8 Å². The quantitative estimate of drug-likeness (QED) is 0.855. The van der Waals surface area contributed by atoms with Crippen LogP contribution in [0.3, 0.4) is 0 Å². The first-order valence-corrected chi connectivity index (χ1v) is 7.67. The van der Waals surface area contributed by atoms with Gasteiger partial charge in [-0.25, -0.2) is 0 Å². The van der Waals surface area contributed by atoms with Crippen LogP contribution in [-0.4, -0.2) is 12.5 Å². The van der Waals surface area contributed by atoms with Crippen molar-refractivity contribution in [1.29, 1.82) is 0 Å². The van der Waals surface area contributed by atoms with Crippen LogP contribution in [-0.2, 0) is 6.54 Å². The second-order valence-corrected chi connectivity index (χ2v) is 5.70. The lowest BCUT2D eigenvalue weighted by molar-refractivity contribution is 0.0955. The molecule has 0 spiro atoms. The fraction of sp³-hybridized carbons (Fsp3) is 0.188. The van der Waals surface area contributed by atoms with Crippen LogP contribution in [0.25, 0.3) is 0 Å². The van der Waals surface area contributed by atoms with Gasteiger partial charge in [0.1, 0.15) is 4.88 Å². The molecule has 0 unspecified atom stereocenters. The van der Waals surface area contributed by atoms with Crippen molar-refractivity contribution in [2.45, 2.75) is 13.5 Å². The second kappa shape index (κ2) is 7.28. The topological polar surface area (TPSA) is 55.1 Å². The number of thiophene rings is 1. The first-order valence-electron chi connectivity index (χ1n) is 6.41. The monoisotopic (exact) mass is 318 g/mol. The molecule has 0 aliphatic heterocycles. The highest BCUT2D eigenvalue weighted by Gasteiger charge is 2.13. The summed E-state index contributed by atoms with van der Waals surface area (Å²) in [5.41, 5.74) is 8.17. The van der Waals surface area contributed by atoms with Crippen LogP contribution in [0, 0.1) is 18.8 Å². The maximum Gasteiger partial charge on any atom is 0.263 e. The smallest absolute Gasteiger partial charge is 0.263 e. The van der Waals surface area contributed by atoms with Crippen LogP contribution in [0.1, 0.15) is 26.4 Å². The summed E-state index contributed by atoms with van der Waals surface area (Å²) in [5.74, 6) is 5.61. The molecule has 0 saturated heterocycles. The number of halogens is 1. The average molecular weight is 319 g/mol. The predicted molar refractivity (Wildman–Crippen MR) is 87.6 cm³/mol. The van der Waals surface area contributed by atoms with E-state index in [4.69, 9.17) is 17.3 Å². The van der Waals surface area contributed by atoms with E-state index in [1.54, 1.807) is 0 Å². The maximum atomic E-state index is 12.0. The molecule has 0 fully saturated rings. The Bertz CT molecular complexity index is 695. The molecule has 1 amide bonds. The predicted octanol–water partition coefficient (Wildman–Crippen LogP) is 2.95. The summed E-state index contributed by atoms with van der Waals surface area (Å²) in [4.78, 5) is 12.6. The number of benzene rings is 1. The Labute approximate surface area is 133 Å². The summed E-state index contributed by atoms with van der Waals surface area (Å²) in [5, 5.41) is 5.27. The van der Waals surface area contributed by atoms with Gasteiger partial charge in [-0.2, -0.15) is 0 Å². The second-order valence-electron chi connectivity index (χ2n) is 4.45. The fourth-order valence-corrected chi connectivity index (χ4v) is 2.90. The Hall–Kier alpha value is -1.80. The largest absolute Gasteiger partial charge is 0.347 e. The Morgan fingerprint density at radius 2 is 2.10 bits per heavy atom. The van der Waals surface area contributed by atoms with Crippen molar-refractivity contribution in [2.24, 2.45) is 5.73 Å². The van der Waals surface area contributed by atoms with Crippen LogP contribution in [0.2, 0.25) is 5.02 Å². The van der Waals surface area contributed by atoms with Gasteiger partial charge in [0, 0.05) is 12.1 Å². The third-order valence-corrected chi connectivity index (χ3v) is 4.54. The third kappa shape index (κ3) is 4.08. The van der Waals surface area contributed by atoms with Gasteiger partial charge in [-0.1, -0.05) is 35.6 Å². The van der Waals surface area contributed by atoms with Gasteiger partial charge in [-0.05, 0) is 35.6 Å². The third-order valence-electron chi connectivity index (χ3n) is 2.85. The van der Waals surface area contributed by atoms with Gasteiger partial charge in [-0.15, -0.1) is 11.3 Å². The SMILES string of the molecule is Cc1csc(C(=O)NCc2ccc(C#CCN)cc2)c1Cl. The van der Waals surface area contributed by atoms with E-state index in [2.05, 4.69) is 17.2 Å². The van der Waals surface area contributed by atoms with E-state index in [0.29, 0.717) is 23.0 Å². The Morgan fingerprint density at radius 1 is 1.38 bits per heavy atom. The lowest BCUT2D eigenvalue weighted by Crippen LogP contribution is -2.22. The van der Waals surface area contributed by atoms with E-state index in [-0.39, 0.29) is 5.91 Å². The minimum absolute atomic E-state index is 0.148. The molecule has 0 bridgehead atoms. The lowest BCUT2D eigenvalue weighted by Gasteiger charge is -2.04. The first kappa shape index (κ1) is 15.6. The summed E-state index contributed by atoms with van der Waals surface area (Å²) in [6.07, 6.45) is 0. The van der Waals surface area contributed by atoms with E-state index in [1.165, 1.54) is 11.3 Å². The molecule has 3 N–H and O–H groups in total. The van der Waals surface area contributed by atoms with Crippen molar-refractivity contribution in [2.75, 3.05) is 6.54 Å². The number of hydrogen-bond donors (Lipinski definition) is 2. The van der Waals surface area contributed by atoms with Gasteiger partial charge in [0.2, 0.25) is 0 Å². The van der Waals surface area contributed by atoms with Gasteiger partial charge in [0.15, 0.2) is 0 Å². The van der Waals surface area contributed by atoms with Crippen molar-refractivity contribution in [3.63, 3.8) is 0 Å². The van der Waals surface area contributed by atoms with Crippen LogP contribution in [0.4, 0.5) is 0 Å². The van der Waals surface area contributed by atoms with Crippen molar-refractivity contribution in [3.8, 4) is 11.8 Å². The molecular formula is C16H15ClN2OS. The molecule has 108 valence electrons. The zero-order chi connectivity index (χ0) is 15.2. The lowest BCUT2D eigenvalue weighted by atomic mass is 10.1. The molecule has 0 saturated carbocycles. The molecule has 1 aromatic heterocycles. The molecular weight excluding hydrogens is 304 g/mol. The van der Waals surface area contributed by atoms with E-state index < -0.39 is 0 Å². The molecule has 5 heteroatoms. The zero-order valence-corrected chi connectivity index (χ0v) is 13.1. The summed E-state index contributed by atoms with van der Waals surface area (Å²) >= 11 is 7.44. The molecule has 0 radical (unpaired) electrons. The molecule has 2 aromatic rings. The summed E-state index contributed by atoms with van der Waals surface area (Å²) in [7, 11) is 0. The van der Waals surface area contributed by atoms with E-state index in [1.807, 2.05) is 36.6 Å². The fourth-order valence-electron chi connectivity index (χ4n) is 1.70. The highest BCUT2D eigenvalue weighted by atomic mass is 35.5. The number of carbonyl (C=O) groups is 1. The number of aryl methyl sites for hydroxylation is 1. The summed E-state index contributed by atoms with van der Waals surface area (Å²) < 4.78 is 0. The first-order chi connectivity index (χ1) is 10.1. The van der Waals surface area contributed by atoms with Gasteiger partial charge < -0.3 is 11.1 Å². The van der Waals surface area contributed by atoms with E-state index in [9.17, 15) is 4.79 Å². The number of nitrogens with one attached hydrogen (secondary N) is 1. The minimum atomic E-state index is -0.148. The molecule has 1 heterocycles. The van der Waals surface area contributed by atoms with E-state index >= 15 is 0 Å². The Balaban J connectivity index is 1.97. The standard InChI is InChI=1S/C16H15ClN2OS/c1-11-10-21-15(14(11)17)16(20)19-9-13-6-4-12(5-7-13)3-2-8-18/h4-7,10H,8-9,18H2,1H3,(H,19,20). The Kier molecular flexibility index (Phi) is 5.40. The van der Waals surface area contributed by atoms with Gasteiger partial charge in [0.25, 0.3) is 5.91 Å². The number of amides is 1. The van der Waals surface area contributed by atoms with Gasteiger partial charge in [0.05, 0.1) is 11.6 Å². The van der Waals surface area contributed by atoms with Crippen LogP contribution in [0.15, 0.2) is 29.6 Å². The average Bonchev–Trinajstić information content (AvgIpc) is 2.83. The van der Waals surface area contributed by atoms with Crippen molar-refractivity contribution in [3.05, 3.63) is 56.2 Å². The molecule has 2 rings (SSSR count).